The number of benzene rings is 4. The first-order valence-electron chi connectivity index (χ1n) is 9.19. The van der Waals surface area contributed by atoms with E-state index in [0.717, 1.165) is 11.8 Å². The molecule has 0 bridgehead atoms. The van der Waals surface area contributed by atoms with Crippen LogP contribution in [0.3, 0.4) is 0 Å². The maximum absolute atomic E-state index is 6.38. The highest BCUT2D eigenvalue weighted by atomic mass is 79.9. The number of para-hydroxylation sites is 1. The monoisotopic (exact) mass is 484 g/mol. The van der Waals surface area contributed by atoms with E-state index in [1.807, 2.05) is 12.1 Å². The zero-order chi connectivity index (χ0) is 18.5. The van der Waals surface area contributed by atoms with Crippen LogP contribution in [0, 0.1) is 0 Å². The molecule has 0 saturated carbocycles. The Balaban J connectivity index is 0.00000150. The summed E-state index contributed by atoms with van der Waals surface area (Å²) in [5.74, 6) is 0. The molecule has 4 rings (SSSR count). The third kappa shape index (κ3) is 4.73. The highest BCUT2D eigenvalue weighted by Crippen LogP contribution is 2.58. The fourth-order valence-corrected chi connectivity index (χ4v) is 7.99. The van der Waals surface area contributed by atoms with Gasteiger partial charge in [0.2, 0.25) is 0 Å². The first kappa shape index (κ1) is 23.2. The van der Waals surface area contributed by atoms with Gasteiger partial charge >= 0.3 is 0 Å². The van der Waals surface area contributed by atoms with Crippen molar-refractivity contribution in [2.24, 2.45) is 0 Å². The Bertz CT molecular complexity index is 914. The van der Waals surface area contributed by atoms with Gasteiger partial charge in [0.1, 0.15) is 29.3 Å². The van der Waals surface area contributed by atoms with Gasteiger partial charge in [-0.15, -0.1) is 29.4 Å². The van der Waals surface area contributed by atoms with Crippen LogP contribution in [0.15, 0.2) is 115 Å². The summed E-state index contributed by atoms with van der Waals surface area (Å²) in [4.78, 5) is 0. The Morgan fingerprint density at radius 2 is 0.862 bits per heavy atom. The van der Waals surface area contributed by atoms with Crippen molar-refractivity contribution < 1.29 is 0 Å². The zero-order valence-electron chi connectivity index (χ0n) is 16.0. The van der Waals surface area contributed by atoms with E-state index in [-0.39, 0.29) is 29.4 Å². The molecule has 4 heteroatoms. The van der Waals surface area contributed by atoms with Crippen LogP contribution < -0.4 is 21.6 Å². The molecule has 4 aromatic rings. The highest BCUT2D eigenvalue weighted by molar-refractivity contribution is 8.93. The van der Waals surface area contributed by atoms with E-state index in [1.165, 1.54) is 21.5 Å². The van der Waals surface area contributed by atoms with Gasteiger partial charge in [0, 0.05) is 11.3 Å². The van der Waals surface area contributed by atoms with Crippen LogP contribution in [0.5, 0.6) is 0 Å². The summed E-state index contributed by atoms with van der Waals surface area (Å²) < 4.78 is 0. The lowest BCUT2D eigenvalue weighted by molar-refractivity contribution is 1.39. The van der Waals surface area contributed by atoms with Gasteiger partial charge in [-0.05, 0) is 42.5 Å². The predicted molar refractivity (Wildman–Crippen MR) is 137 cm³/mol. The minimum absolute atomic E-state index is 0. The smallest absolute Gasteiger partial charge is 0.116 e. The van der Waals surface area contributed by atoms with E-state index in [0.29, 0.717) is 0 Å². The van der Waals surface area contributed by atoms with Crippen LogP contribution in [0.1, 0.15) is 5.56 Å². The average molecular weight is 486 g/mol. The largest absolute Gasteiger partial charge is 0.398 e. The SMILES string of the molecule is Br.Cl.Nc1ccccc1C[P+](c1ccccc1)(c1ccccc1)c1ccccc1. The van der Waals surface area contributed by atoms with Crippen molar-refractivity contribution in [1.82, 2.24) is 0 Å². The number of hydrogen-bond acceptors (Lipinski definition) is 1. The molecule has 0 unspecified atom stereocenters. The minimum Gasteiger partial charge on any atom is -0.398 e. The third-order valence-corrected chi connectivity index (χ3v) is 9.41. The number of hydrogen-bond donors (Lipinski definition) is 1. The van der Waals surface area contributed by atoms with E-state index in [4.69, 9.17) is 5.73 Å². The Morgan fingerprint density at radius 3 is 1.24 bits per heavy atom. The lowest BCUT2D eigenvalue weighted by Gasteiger charge is -2.28. The quantitative estimate of drug-likeness (QED) is 0.282. The Kier molecular flexibility index (Phi) is 8.46. The first-order valence-corrected chi connectivity index (χ1v) is 11.2. The Morgan fingerprint density at radius 1 is 0.517 bits per heavy atom. The van der Waals surface area contributed by atoms with Gasteiger partial charge in [-0.25, -0.2) is 0 Å². The van der Waals surface area contributed by atoms with E-state index >= 15 is 0 Å². The van der Waals surface area contributed by atoms with E-state index in [1.54, 1.807) is 0 Å². The van der Waals surface area contributed by atoms with Crippen molar-refractivity contribution >= 4 is 58.3 Å². The van der Waals surface area contributed by atoms with Crippen LogP contribution in [0.25, 0.3) is 0 Å². The summed E-state index contributed by atoms with van der Waals surface area (Å²) >= 11 is 0. The molecule has 0 atom stereocenters. The standard InChI is InChI=1S/C25H23NP.BrH.ClH/c26-25-19-11-10-12-21(25)20-27(22-13-4-1-5-14-22,23-15-6-2-7-16-23)24-17-8-3-9-18-24;;/h1-19H,20,26H2;2*1H/q+1;;. The van der Waals surface area contributed by atoms with Gasteiger partial charge in [0.15, 0.2) is 0 Å². The number of nitrogens with two attached hydrogens (primary N) is 1. The van der Waals surface area contributed by atoms with Crippen molar-refractivity contribution in [1.29, 1.82) is 0 Å². The molecule has 148 valence electrons. The molecule has 0 saturated heterocycles. The van der Waals surface area contributed by atoms with Crippen molar-refractivity contribution in [3.8, 4) is 0 Å². The number of anilines is 1. The molecule has 0 aliphatic carbocycles. The van der Waals surface area contributed by atoms with Crippen LogP contribution >= 0.6 is 36.7 Å². The number of halogens is 2. The second kappa shape index (κ2) is 10.6. The first-order chi connectivity index (χ1) is 13.3. The average Bonchev–Trinajstić information content (AvgIpc) is 2.75. The second-order valence-corrected chi connectivity index (χ2v) is 10.2. The molecule has 4 aromatic carbocycles. The predicted octanol–water partition coefficient (Wildman–Crippen LogP) is 5.76. The van der Waals surface area contributed by atoms with Gasteiger partial charge in [-0.3, -0.25) is 0 Å². The molecule has 0 spiro atoms. The lowest BCUT2D eigenvalue weighted by Crippen LogP contribution is -2.32. The third-order valence-electron chi connectivity index (χ3n) is 5.05. The molecule has 0 aliphatic rings. The zero-order valence-corrected chi connectivity index (χ0v) is 19.4. The van der Waals surface area contributed by atoms with Crippen molar-refractivity contribution in [2.75, 3.05) is 5.73 Å². The molecule has 0 aromatic heterocycles. The summed E-state index contributed by atoms with van der Waals surface area (Å²) in [7, 11) is -1.88. The van der Waals surface area contributed by atoms with Gasteiger partial charge in [0.25, 0.3) is 0 Å². The summed E-state index contributed by atoms with van der Waals surface area (Å²) in [6.07, 6.45) is 0.914. The second-order valence-electron chi connectivity index (χ2n) is 6.67. The maximum Gasteiger partial charge on any atom is 0.116 e. The molecule has 1 nitrogen and oxygen atoms in total. The highest BCUT2D eigenvalue weighted by Gasteiger charge is 2.45. The van der Waals surface area contributed by atoms with E-state index < -0.39 is 7.26 Å². The van der Waals surface area contributed by atoms with Crippen LogP contribution in [-0.4, -0.2) is 0 Å². The van der Waals surface area contributed by atoms with Gasteiger partial charge < -0.3 is 5.73 Å². The molecule has 0 aliphatic heterocycles. The van der Waals surface area contributed by atoms with Crippen molar-refractivity contribution in [3.05, 3.63) is 121 Å². The summed E-state index contributed by atoms with van der Waals surface area (Å²) in [5.41, 5.74) is 8.46. The fraction of sp³-hybridized carbons (Fsp3) is 0.0400. The van der Waals surface area contributed by atoms with Crippen molar-refractivity contribution in [2.45, 2.75) is 6.16 Å². The molecule has 29 heavy (non-hydrogen) atoms. The molecular weight excluding hydrogens is 461 g/mol. The summed E-state index contributed by atoms with van der Waals surface area (Å²) in [6, 6.07) is 41.0. The lowest BCUT2D eigenvalue weighted by atomic mass is 10.2. The topological polar surface area (TPSA) is 26.0 Å². The molecule has 0 amide bonds. The summed E-state index contributed by atoms with van der Waals surface area (Å²) in [5, 5.41) is 4.14. The Hall–Kier alpha value is -2.12. The van der Waals surface area contributed by atoms with Gasteiger partial charge in [0.05, 0.1) is 0 Å². The number of rotatable bonds is 5. The fourth-order valence-electron chi connectivity index (χ4n) is 3.70. The summed E-state index contributed by atoms with van der Waals surface area (Å²) in [6.45, 7) is 0. The minimum atomic E-state index is -1.88. The van der Waals surface area contributed by atoms with Gasteiger partial charge in [-0.1, -0.05) is 72.8 Å². The normalized spacial score (nSPS) is 10.5. The molecule has 2 N–H and O–H groups in total. The van der Waals surface area contributed by atoms with Crippen LogP contribution in [0.4, 0.5) is 5.69 Å². The molecule has 0 radical (unpaired) electrons. The van der Waals surface area contributed by atoms with E-state index in [2.05, 4.69) is 103 Å². The molecular formula is C25H25BrClNP+. The van der Waals surface area contributed by atoms with E-state index in [9.17, 15) is 0 Å². The maximum atomic E-state index is 6.38. The van der Waals surface area contributed by atoms with Crippen molar-refractivity contribution in [3.63, 3.8) is 0 Å². The van der Waals surface area contributed by atoms with Gasteiger partial charge in [-0.2, -0.15) is 0 Å². The number of nitrogen functional groups attached to an aromatic ring is 1. The van der Waals surface area contributed by atoms with Crippen LogP contribution in [-0.2, 0) is 6.16 Å². The molecule has 0 fully saturated rings. The van der Waals surface area contributed by atoms with Crippen LogP contribution in [0.2, 0.25) is 0 Å². The molecule has 0 heterocycles. The Labute approximate surface area is 190 Å².